The molecule has 11 aromatic rings. The molecule has 4 amide bonds. The van der Waals surface area contributed by atoms with Crippen LogP contribution in [-0.4, -0.2) is 120 Å². The van der Waals surface area contributed by atoms with Crippen LogP contribution in [-0.2, 0) is 91.1 Å². The summed E-state index contributed by atoms with van der Waals surface area (Å²) >= 11 is 13.2. The van der Waals surface area contributed by atoms with Gasteiger partial charge in [0.25, 0.3) is 48.3 Å². The third kappa shape index (κ3) is 27.1. The summed E-state index contributed by atoms with van der Waals surface area (Å²) in [6.07, 6.45) is 4.08. The zero-order chi connectivity index (χ0) is 74.6. The number of hydrogen-bond acceptors (Lipinski definition) is 33. The first-order valence-corrected chi connectivity index (χ1v) is 37.1. The van der Waals surface area contributed by atoms with Gasteiger partial charge in [0.15, 0.2) is 18.3 Å². The molecule has 0 saturated heterocycles. The number of anilines is 6. The molecule has 5 atom stereocenters. The molecule has 0 bridgehead atoms. The molecule has 0 aliphatic heterocycles. The Hall–Kier alpha value is -10.8. The number of carbonyl (C=O) groups excluding carboxylic acids is 8. The first-order chi connectivity index (χ1) is 51.0. The quantitative estimate of drug-likeness (QED) is 0.00792. The van der Waals surface area contributed by atoms with Gasteiger partial charge in [-0.2, -0.15) is 0 Å². The molecule has 38 heteroatoms. The second kappa shape index (κ2) is 43.4. The van der Waals surface area contributed by atoms with E-state index in [1.54, 1.807) is 140 Å². The zero-order valence-electron chi connectivity index (χ0n) is 55.3. The molecule has 0 aliphatic rings. The summed E-state index contributed by atoms with van der Waals surface area (Å²) in [4.78, 5) is 92.4. The van der Waals surface area contributed by atoms with Crippen molar-refractivity contribution in [2.75, 3.05) is 32.7 Å². The smallest absolute Gasteiger partial charge is 0.294 e. The first-order valence-electron chi connectivity index (χ1n) is 31.8. The lowest BCUT2D eigenvalue weighted by Crippen LogP contribution is -2.23. The van der Waals surface area contributed by atoms with Crippen LogP contribution in [0.3, 0.4) is 0 Å². The average molecular weight is 1560 g/mol. The predicted molar refractivity (Wildman–Crippen MR) is 395 cm³/mol. The zero-order valence-corrected chi connectivity index (χ0v) is 60.9. The maximum atomic E-state index is 12.6. The van der Waals surface area contributed by atoms with E-state index in [0.29, 0.717) is 84.3 Å². The lowest BCUT2D eigenvalue weighted by molar-refractivity contribution is -0.142. The number of aryl methyl sites for hydroxylation is 6. The highest BCUT2D eigenvalue weighted by Gasteiger charge is 2.26. The molecular formula is C67H67ClN18O13S6. The molecule has 0 fully saturated rings. The largest absolute Gasteiger partial charge is 0.450 e. The molecule has 0 unspecified atom stereocenters. The van der Waals surface area contributed by atoms with E-state index in [0.717, 1.165) is 81.4 Å². The fourth-order valence-electron chi connectivity index (χ4n) is 9.17. The molecule has 0 aliphatic carbocycles. The Bertz CT molecular complexity index is 4240. The van der Waals surface area contributed by atoms with E-state index < -0.39 is 59.4 Å². The fraction of sp³-hybridized carbons (Fsp3) is 0.254. The SMILES string of the molecule is Nc1nnc(CCCCc2nnc(N)s2)s1.O=C(Nc1nnc(CCCCc2nnc(NC(=O)[C@H](O)c3ccccc3)s2)s1)[C@H](O)c1ccccc1.O=CO[C@@H](C(=O)Cl)c1ccccc1.O=CO[C@@H](C(=O)Nc1nnc(CCCCc2nnc(NC(=O)[C@H](OC=O)c3ccccc3)s2)s1)c1ccccc1. The van der Waals surface area contributed by atoms with Crippen molar-refractivity contribution in [2.45, 2.75) is 108 Å². The van der Waals surface area contributed by atoms with Crippen LogP contribution in [0.2, 0.25) is 0 Å². The first kappa shape index (κ1) is 79.9. The van der Waals surface area contributed by atoms with Crippen molar-refractivity contribution in [2.24, 2.45) is 0 Å². The number of rotatable bonds is 35. The number of halogens is 1. The van der Waals surface area contributed by atoms with E-state index in [2.05, 4.69) is 87.2 Å². The summed E-state index contributed by atoms with van der Waals surface area (Å²) in [6, 6.07) is 43.3. The summed E-state index contributed by atoms with van der Waals surface area (Å²) in [5.74, 6) is -2.15. The molecule has 31 nitrogen and oxygen atoms in total. The second-order valence-corrected chi connectivity index (χ2v) is 28.5. The Kier molecular flexibility index (Phi) is 33.0. The van der Waals surface area contributed by atoms with E-state index in [9.17, 15) is 48.6 Å². The van der Waals surface area contributed by atoms with Gasteiger partial charge in [-0.25, -0.2) is 0 Å². The van der Waals surface area contributed by atoms with Crippen LogP contribution < -0.4 is 32.7 Å². The van der Waals surface area contributed by atoms with Gasteiger partial charge in [-0.05, 0) is 61.3 Å². The normalized spacial score (nSPS) is 12.0. The summed E-state index contributed by atoms with van der Waals surface area (Å²) in [7, 11) is 0. The van der Waals surface area contributed by atoms with Gasteiger partial charge in [-0.15, -0.1) is 61.2 Å². The minimum Gasteiger partial charge on any atom is -0.450 e. The van der Waals surface area contributed by atoms with Crippen LogP contribution >= 0.6 is 79.6 Å². The second-order valence-electron chi connectivity index (χ2n) is 21.6. The highest BCUT2D eigenvalue weighted by atomic mass is 35.5. The van der Waals surface area contributed by atoms with Crippen LogP contribution in [0.1, 0.15) is 127 Å². The number of aliphatic hydroxyl groups is 2. The fourth-order valence-corrected chi connectivity index (χ4v) is 13.8. The number of hydrogen-bond donors (Lipinski definition) is 8. The molecule has 546 valence electrons. The van der Waals surface area contributed by atoms with E-state index in [-0.39, 0.29) is 19.4 Å². The minimum atomic E-state index is -1.28. The predicted octanol–water partition coefficient (Wildman–Crippen LogP) is 9.75. The van der Waals surface area contributed by atoms with Gasteiger partial charge in [0.2, 0.25) is 43.0 Å². The lowest BCUT2D eigenvalue weighted by atomic mass is 10.1. The minimum absolute atomic E-state index is 0.206. The van der Waals surface area contributed by atoms with Gasteiger partial charge >= 0.3 is 0 Å². The summed E-state index contributed by atoms with van der Waals surface area (Å²) in [6.45, 7) is 0.681. The van der Waals surface area contributed by atoms with Crippen LogP contribution in [0.15, 0.2) is 152 Å². The number of nitrogen functional groups attached to an aromatic ring is 2. The topological polar surface area (TPSA) is 460 Å². The van der Waals surface area contributed by atoms with Gasteiger partial charge in [-0.3, -0.25) is 59.6 Å². The molecule has 0 radical (unpaired) electrons. The average Bonchev–Trinajstić information content (AvgIpc) is 1.79. The van der Waals surface area contributed by atoms with Crippen molar-refractivity contribution in [3.8, 4) is 0 Å². The highest BCUT2D eigenvalue weighted by molar-refractivity contribution is 7.16. The van der Waals surface area contributed by atoms with Gasteiger partial charge < -0.3 is 35.9 Å². The third-order valence-electron chi connectivity index (χ3n) is 14.1. The van der Waals surface area contributed by atoms with Crippen molar-refractivity contribution >= 4 is 159 Å². The maximum absolute atomic E-state index is 12.6. The Labute approximate surface area is 628 Å². The molecule has 105 heavy (non-hydrogen) atoms. The molecule has 6 heterocycles. The molecule has 11 rings (SSSR count). The summed E-state index contributed by atoms with van der Waals surface area (Å²) in [5.41, 5.74) is 13.6. The number of ether oxygens (including phenoxy) is 3. The number of nitrogens with zero attached hydrogens (tertiary/aromatic N) is 12. The lowest BCUT2D eigenvalue weighted by Gasteiger charge is -2.13. The van der Waals surface area contributed by atoms with Gasteiger partial charge in [0, 0.05) is 55.2 Å². The number of amides is 4. The molecule has 0 saturated carbocycles. The van der Waals surface area contributed by atoms with Gasteiger partial charge in [-0.1, -0.05) is 220 Å². The number of aliphatic hydroxyl groups excluding tert-OH is 2. The van der Waals surface area contributed by atoms with E-state index in [1.165, 1.54) is 68.0 Å². The van der Waals surface area contributed by atoms with Crippen LogP contribution in [0, 0.1) is 0 Å². The van der Waals surface area contributed by atoms with E-state index in [4.69, 9.17) is 32.5 Å². The number of benzene rings is 5. The Morgan fingerprint density at radius 2 is 0.571 bits per heavy atom. The standard InChI is InChI=1S/C26H24N6O6S2.C24H24N6O4S2.C9H7ClO3.C8H12N6S2/c33-15-37-21(17-9-3-1-4-10-17)23(35)27-25-31-29-19(39-25)13-7-8-14-20-30-32-26(40-20)28-24(36)22(38-16-34)18-11-5-2-6-12-18;31-19(15-9-3-1-4-10-15)21(33)25-23-29-27-17(35-23)13-7-8-14-18-28-30-24(36-18)26-22(34)20(32)16-11-5-2-6-12-16;10-9(12)8(13-6-11)7-4-2-1-3-5-7;9-7-13-11-5(15-7)3-1-2-4-6-12-14-8(10)16-6/h1-6,9-12,15-16,21-22H,7-8,13-14H2,(H,27,31,35)(H,28,32,36);1-6,9-12,19-20,31-32H,7-8,13-14H2,(H,25,29,33)(H,26,30,34);1-6,8H;1-4H2,(H2,9,13)(H2,10,14)/t21-,22-;19-,20-;8-;/m111./s1. The molecule has 0 spiro atoms. The molecule has 6 aromatic heterocycles. The number of carbonyl (C=O) groups is 8. The van der Waals surface area contributed by atoms with Crippen LogP contribution in [0.4, 0.5) is 30.8 Å². The third-order valence-corrected chi connectivity index (χ3v) is 19.6. The van der Waals surface area contributed by atoms with E-state index >= 15 is 0 Å². The summed E-state index contributed by atoms with van der Waals surface area (Å²) in [5, 5.41) is 85.4. The molecule has 5 aromatic carbocycles. The Morgan fingerprint density at radius 1 is 0.343 bits per heavy atom. The van der Waals surface area contributed by atoms with Crippen molar-refractivity contribution in [1.29, 1.82) is 0 Å². The molecular weight excluding hydrogens is 1490 g/mol. The van der Waals surface area contributed by atoms with Crippen molar-refractivity contribution in [3.63, 3.8) is 0 Å². The van der Waals surface area contributed by atoms with E-state index in [1.807, 2.05) is 12.1 Å². The number of nitrogens with two attached hydrogens (primary N) is 2. The van der Waals surface area contributed by atoms with Gasteiger partial charge in [0.1, 0.15) is 30.0 Å². The van der Waals surface area contributed by atoms with Gasteiger partial charge in [0.05, 0.1) is 0 Å². The van der Waals surface area contributed by atoms with Crippen molar-refractivity contribution < 1.29 is 62.8 Å². The highest BCUT2D eigenvalue weighted by Crippen LogP contribution is 2.28. The van der Waals surface area contributed by atoms with Crippen LogP contribution in [0.25, 0.3) is 0 Å². The van der Waals surface area contributed by atoms with Crippen molar-refractivity contribution in [3.05, 3.63) is 210 Å². The Morgan fingerprint density at radius 3 is 0.819 bits per heavy atom. The molecule has 10 N–H and O–H groups in total. The van der Waals surface area contributed by atoms with Crippen LogP contribution in [0.5, 0.6) is 0 Å². The Balaban J connectivity index is 0.000000194. The number of unbranched alkanes of at least 4 members (excludes halogenated alkanes) is 3. The van der Waals surface area contributed by atoms with Crippen molar-refractivity contribution in [1.82, 2.24) is 61.2 Å². The number of nitrogens with one attached hydrogen (secondary N) is 4. The monoisotopic (exact) mass is 1560 g/mol. The number of aromatic nitrogens is 12. The maximum Gasteiger partial charge on any atom is 0.294 e. The summed E-state index contributed by atoms with van der Waals surface area (Å²) < 4.78 is 14.5.